The third-order valence-corrected chi connectivity index (χ3v) is 13.2. The minimum Gasteiger partial charge on any atom is -0.393 e. The standard InChI is InChI=1S/C50H84N14O13/c1-26(2)24-37-47(74)58-32(14-19-51)42(69)57-35(17-22-54)46(73)64-39(27(3)65)49(76)55-23-18-36(45(72)56-33(15-20-52)44(71)62-38(48(75)61-37)25-29-8-6-5-7-9-29)59-43(70)34(16-21-53)60-50(77)40(28(4)66)63-41(68)30-10-12-31(67)13-11-30/h5-9,26-28,30-40,65-67H,10-25,51-54H2,1-4H3,(H,55,76)(H,56,72)(H,57,69)(H,58,74)(H,59,70)(H,60,77)(H,61,75)(H,62,71)(H,63,68)(H,64,73)/t27?,28?,30-,31-,32-,33-,34-,35-,36-,37-,38+,39-,40-/m0/s1. The molecule has 21 N–H and O–H groups in total. The Bertz CT molecular complexity index is 2130. The largest absolute Gasteiger partial charge is 0.393 e. The minimum atomic E-state index is -1.67. The first kappa shape index (κ1) is 64.9. The highest BCUT2D eigenvalue weighted by molar-refractivity contribution is 5.99. The van der Waals surface area contributed by atoms with Crippen molar-refractivity contribution in [3.63, 3.8) is 0 Å². The molecule has 2 aliphatic rings. The van der Waals surface area contributed by atoms with E-state index in [4.69, 9.17) is 22.9 Å². The van der Waals surface area contributed by atoms with Gasteiger partial charge in [0.1, 0.15) is 54.4 Å². The van der Waals surface area contributed by atoms with Crippen molar-refractivity contribution >= 4 is 59.1 Å². The van der Waals surface area contributed by atoms with Crippen molar-refractivity contribution in [3.8, 4) is 0 Å². The second kappa shape index (κ2) is 33.0. The lowest BCUT2D eigenvalue weighted by Crippen LogP contribution is -2.61. The van der Waals surface area contributed by atoms with E-state index in [2.05, 4.69) is 53.2 Å². The molecule has 10 amide bonds. The van der Waals surface area contributed by atoms with E-state index < -0.39 is 151 Å². The van der Waals surface area contributed by atoms with E-state index in [0.29, 0.717) is 31.2 Å². The number of hydrogen-bond acceptors (Lipinski definition) is 17. The number of nitrogens with two attached hydrogens (primary N) is 4. The lowest BCUT2D eigenvalue weighted by atomic mass is 9.86. The number of amides is 10. The summed E-state index contributed by atoms with van der Waals surface area (Å²) in [5, 5.41) is 56.8. The predicted octanol–water partition coefficient (Wildman–Crippen LogP) is -6.13. The Balaban J connectivity index is 2.10. The molecule has 1 saturated carbocycles. The van der Waals surface area contributed by atoms with Crippen molar-refractivity contribution in [2.45, 2.75) is 171 Å². The molecule has 1 saturated heterocycles. The highest BCUT2D eigenvalue weighted by atomic mass is 16.3. The molecule has 2 fully saturated rings. The highest BCUT2D eigenvalue weighted by Crippen LogP contribution is 2.24. The molecule has 0 aromatic heterocycles. The molecule has 1 aromatic rings. The molecule has 11 atom stereocenters. The number of rotatable bonds is 20. The zero-order valence-electron chi connectivity index (χ0n) is 44.5. The van der Waals surface area contributed by atoms with Crippen molar-refractivity contribution in [3.05, 3.63) is 35.9 Å². The van der Waals surface area contributed by atoms with Gasteiger partial charge in [-0.25, -0.2) is 0 Å². The van der Waals surface area contributed by atoms with Gasteiger partial charge in [-0.05, 0) is 116 Å². The molecule has 1 aromatic carbocycles. The summed E-state index contributed by atoms with van der Waals surface area (Å²) in [5.74, 6) is -9.51. The molecule has 1 aliphatic heterocycles. The Hall–Kier alpha value is -6.36. The normalized spacial score (nSPS) is 26.4. The highest BCUT2D eigenvalue weighted by Gasteiger charge is 2.38. The molecular weight excluding hydrogens is 1000 g/mol. The van der Waals surface area contributed by atoms with Crippen LogP contribution < -0.4 is 76.1 Å². The second-order valence-corrected chi connectivity index (χ2v) is 20.1. The van der Waals surface area contributed by atoms with Gasteiger partial charge in [-0.1, -0.05) is 44.2 Å². The molecule has 77 heavy (non-hydrogen) atoms. The number of aliphatic hydroxyl groups excluding tert-OH is 3. The predicted molar refractivity (Wildman–Crippen MR) is 281 cm³/mol. The van der Waals surface area contributed by atoms with Crippen LogP contribution in [-0.2, 0) is 54.4 Å². The van der Waals surface area contributed by atoms with Crippen LogP contribution in [0.3, 0.4) is 0 Å². The number of carbonyl (C=O) groups excluding carboxylic acids is 10. The fourth-order valence-electron chi connectivity index (χ4n) is 8.79. The first-order valence-corrected chi connectivity index (χ1v) is 26.4. The molecular formula is C50H84N14O13. The first-order valence-electron chi connectivity index (χ1n) is 26.4. The minimum absolute atomic E-state index is 0.0564. The van der Waals surface area contributed by atoms with E-state index in [1.54, 1.807) is 44.2 Å². The van der Waals surface area contributed by atoms with Crippen LogP contribution >= 0.6 is 0 Å². The van der Waals surface area contributed by atoms with Crippen molar-refractivity contribution in [1.29, 1.82) is 0 Å². The van der Waals surface area contributed by atoms with Gasteiger partial charge in [0.2, 0.25) is 59.1 Å². The van der Waals surface area contributed by atoms with E-state index in [9.17, 15) is 63.3 Å². The Morgan fingerprint density at radius 1 is 0.597 bits per heavy atom. The van der Waals surface area contributed by atoms with Crippen molar-refractivity contribution in [1.82, 2.24) is 53.2 Å². The average Bonchev–Trinajstić information content (AvgIpc) is 3.37. The first-order chi connectivity index (χ1) is 36.5. The Labute approximate surface area is 448 Å². The quantitative estimate of drug-likeness (QED) is 0.0578. The summed E-state index contributed by atoms with van der Waals surface area (Å²) in [4.78, 5) is 140. The Morgan fingerprint density at radius 2 is 1.09 bits per heavy atom. The molecule has 1 heterocycles. The fraction of sp³-hybridized carbons (Fsp3) is 0.680. The number of nitrogens with one attached hydrogen (secondary N) is 10. The van der Waals surface area contributed by atoms with Gasteiger partial charge < -0.3 is 91.4 Å². The molecule has 27 nitrogen and oxygen atoms in total. The summed E-state index contributed by atoms with van der Waals surface area (Å²) in [6.07, 6.45) is -3.31. The van der Waals surface area contributed by atoms with Gasteiger partial charge in [0.15, 0.2) is 0 Å². The SMILES string of the molecule is CC(C)C[C@@H]1NC(=O)[C@@H](Cc2ccccc2)NC(=O)[C@H](CCN)NC(=O)[C@@H](NC(=O)[C@H](CCN)NC(=O)[C@@H](NC(=O)[C@H]2CC[C@H](O)CC2)C(C)O)CCNC(=O)[C@H](C(C)O)NC(=O)[C@H](CCN)NC(=O)[C@H](CCN)NC1=O. The number of hydrogen-bond donors (Lipinski definition) is 17. The molecule has 27 heteroatoms. The van der Waals surface area contributed by atoms with Crippen LogP contribution in [0.25, 0.3) is 0 Å². The van der Waals surface area contributed by atoms with Crippen molar-refractivity contribution < 1.29 is 63.3 Å². The van der Waals surface area contributed by atoms with Crippen LogP contribution in [0, 0.1) is 11.8 Å². The van der Waals surface area contributed by atoms with Crippen LogP contribution in [-0.4, -0.2) is 180 Å². The maximum atomic E-state index is 14.4. The molecule has 0 radical (unpaired) electrons. The summed E-state index contributed by atoms with van der Waals surface area (Å²) < 4.78 is 0. The average molecular weight is 1090 g/mol. The maximum Gasteiger partial charge on any atom is 0.245 e. The lowest BCUT2D eigenvalue weighted by molar-refractivity contribution is -0.137. The number of benzene rings is 1. The van der Waals surface area contributed by atoms with E-state index in [0.717, 1.165) is 0 Å². The molecule has 432 valence electrons. The van der Waals surface area contributed by atoms with Gasteiger partial charge >= 0.3 is 0 Å². The molecule has 3 rings (SSSR count). The fourth-order valence-corrected chi connectivity index (χ4v) is 8.79. The summed E-state index contributed by atoms with van der Waals surface area (Å²) >= 11 is 0. The number of aliphatic hydroxyl groups is 3. The lowest BCUT2D eigenvalue weighted by Gasteiger charge is -2.29. The van der Waals surface area contributed by atoms with Crippen LogP contribution in [0.4, 0.5) is 0 Å². The van der Waals surface area contributed by atoms with Crippen molar-refractivity contribution in [2.24, 2.45) is 34.8 Å². The van der Waals surface area contributed by atoms with Gasteiger partial charge in [0.25, 0.3) is 0 Å². The molecule has 2 unspecified atom stereocenters. The molecule has 1 aliphatic carbocycles. The van der Waals surface area contributed by atoms with Gasteiger partial charge in [0, 0.05) is 18.9 Å². The van der Waals surface area contributed by atoms with Crippen LogP contribution in [0.5, 0.6) is 0 Å². The third-order valence-electron chi connectivity index (χ3n) is 13.2. The van der Waals surface area contributed by atoms with E-state index in [1.807, 2.05) is 0 Å². The summed E-state index contributed by atoms with van der Waals surface area (Å²) in [6, 6.07) is -4.63. The Kier molecular flexibility index (Phi) is 27.9. The second-order valence-electron chi connectivity index (χ2n) is 20.1. The Morgan fingerprint density at radius 3 is 1.60 bits per heavy atom. The van der Waals surface area contributed by atoms with Crippen LogP contribution in [0.15, 0.2) is 30.3 Å². The van der Waals surface area contributed by atoms with Crippen LogP contribution in [0.1, 0.15) is 97.5 Å². The number of carbonyl (C=O) groups is 10. The summed E-state index contributed by atoms with van der Waals surface area (Å²) in [7, 11) is 0. The topological polar surface area (TPSA) is 456 Å². The summed E-state index contributed by atoms with van der Waals surface area (Å²) in [5.41, 5.74) is 24.1. The van der Waals surface area contributed by atoms with Crippen molar-refractivity contribution in [2.75, 3.05) is 32.7 Å². The monoisotopic (exact) mass is 1090 g/mol. The third kappa shape index (κ3) is 21.5. The van der Waals surface area contributed by atoms with Gasteiger partial charge in [-0.2, -0.15) is 0 Å². The summed E-state index contributed by atoms with van der Waals surface area (Å²) in [6.45, 7) is 5.01. The van der Waals surface area contributed by atoms with Gasteiger partial charge in [0.05, 0.1) is 18.3 Å². The zero-order valence-corrected chi connectivity index (χ0v) is 44.5. The van der Waals surface area contributed by atoms with Gasteiger partial charge in [-0.15, -0.1) is 0 Å². The molecule has 0 bridgehead atoms. The van der Waals surface area contributed by atoms with E-state index >= 15 is 0 Å². The van der Waals surface area contributed by atoms with Crippen LogP contribution in [0.2, 0.25) is 0 Å². The van der Waals surface area contributed by atoms with E-state index in [1.165, 1.54) is 13.8 Å². The smallest absolute Gasteiger partial charge is 0.245 e. The maximum absolute atomic E-state index is 14.4. The van der Waals surface area contributed by atoms with Gasteiger partial charge in [-0.3, -0.25) is 47.9 Å². The van der Waals surface area contributed by atoms with E-state index in [-0.39, 0.29) is 70.6 Å². The zero-order chi connectivity index (χ0) is 57.4. The molecule has 0 spiro atoms.